The Morgan fingerprint density at radius 1 is 1.73 bits per heavy atom. The lowest BCUT2D eigenvalue weighted by atomic mass is 10.2. The van der Waals surface area contributed by atoms with E-state index in [2.05, 4.69) is 0 Å². The van der Waals surface area contributed by atoms with Gasteiger partial charge in [0.2, 0.25) is 0 Å². The molecule has 0 aliphatic carbocycles. The van der Waals surface area contributed by atoms with E-state index < -0.39 is 12.1 Å². The topological polar surface area (TPSA) is 57.5 Å². The highest BCUT2D eigenvalue weighted by Crippen LogP contribution is 2.21. The number of aliphatic hydroxyl groups excluding tert-OH is 1. The van der Waals surface area contributed by atoms with Gasteiger partial charge in [-0.1, -0.05) is 6.07 Å². The van der Waals surface area contributed by atoms with Crippen molar-refractivity contribution in [1.82, 2.24) is 0 Å². The molecular weight excluding hydrogens is 164 g/mol. The third-order valence-electron chi connectivity index (χ3n) is 1.24. The predicted molar refractivity (Wildman–Crippen MR) is 41.5 cm³/mol. The van der Waals surface area contributed by atoms with Crippen LogP contribution in [-0.4, -0.2) is 16.2 Å². The second-order valence-corrected chi connectivity index (χ2v) is 3.11. The maximum Gasteiger partial charge on any atom is 0.306 e. The Kier molecular flexibility index (Phi) is 2.62. The highest BCUT2D eigenvalue weighted by Gasteiger charge is 2.11. The number of hydrogen-bond donors (Lipinski definition) is 2. The fraction of sp³-hybridized carbons (Fsp3) is 0.286. The summed E-state index contributed by atoms with van der Waals surface area (Å²) in [4.78, 5) is 10.9. The number of rotatable bonds is 3. The van der Waals surface area contributed by atoms with Crippen molar-refractivity contribution < 1.29 is 15.0 Å². The summed E-state index contributed by atoms with van der Waals surface area (Å²) in [6.07, 6.45) is -1.08. The maximum atomic E-state index is 10.1. The fourth-order valence-electron chi connectivity index (χ4n) is 0.747. The van der Waals surface area contributed by atoms with Gasteiger partial charge in [-0.25, -0.2) is 0 Å². The Labute approximate surface area is 67.9 Å². The van der Waals surface area contributed by atoms with Crippen LogP contribution in [-0.2, 0) is 4.79 Å². The first-order valence-electron chi connectivity index (χ1n) is 3.13. The van der Waals surface area contributed by atoms with Gasteiger partial charge in [0.1, 0.15) is 0 Å². The van der Waals surface area contributed by atoms with Crippen LogP contribution in [0, 0.1) is 0 Å². The molecule has 0 aromatic carbocycles. The van der Waals surface area contributed by atoms with Crippen LogP contribution in [0.25, 0.3) is 0 Å². The van der Waals surface area contributed by atoms with Crippen LogP contribution < -0.4 is 0 Å². The van der Waals surface area contributed by atoms with Crippen LogP contribution in [0.4, 0.5) is 0 Å². The molecule has 11 heavy (non-hydrogen) atoms. The van der Waals surface area contributed by atoms with Crippen molar-refractivity contribution in [3.63, 3.8) is 0 Å². The van der Waals surface area contributed by atoms with E-state index in [0.29, 0.717) is 4.88 Å². The molecule has 1 aromatic heterocycles. The molecule has 0 bridgehead atoms. The highest BCUT2D eigenvalue weighted by molar-refractivity contribution is 7.10. The van der Waals surface area contributed by atoms with Gasteiger partial charge in [-0.05, 0) is 11.4 Å². The number of carboxylic acids is 1. The third kappa shape index (κ3) is 2.32. The van der Waals surface area contributed by atoms with Crippen molar-refractivity contribution in [3.05, 3.63) is 22.4 Å². The Morgan fingerprint density at radius 3 is 2.91 bits per heavy atom. The van der Waals surface area contributed by atoms with E-state index in [0.717, 1.165) is 0 Å². The van der Waals surface area contributed by atoms with Gasteiger partial charge >= 0.3 is 5.97 Å². The minimum absolute atomic E-state index is 0.222. The largest absolute Gasteiger partial charge is 0.481 e. The third-order valence-corrected chi connectivity index (χ3v) is 2.21. The van der Waals surface area contributed by atoms with Crippen molar-refractivity contribution in [2.45, 2.75) is 12.5 Å². The number of aliphatic hydroxyl groups is 1. The Morgan fingerprint density at radius 2 is 2.45 bits per heavy atom. The van der Waals surface area contributed by atoms with E-state index >= 15 is 0 Å². The van der Waals surface area contributed by atoms with E-state index in [9.17, 15) is 9.90 Å². The van der Waals surface area contributed by atoms with Crippen LogP contribution in [0.15, 0.2) is 17.5 Å². The molecule has 0 fully saturated rings. The van der Waals surface area contributed by atoms with Gasteiger partial charge in [0.05, 0.1) is 12.5 Å². The molecule has 0 amide bonds. The first kappa shape index (κ1) is 8.23. The summed E-state index contributed by atoms with van der Waals surface area (Å²) in [7, 11) is 0. The van der Waals surface area contributed by atoms with Crippen LogP contribution >= 0.6 is 11.3 Å². The van der Waals surface area contributed by atoms with Gasteiger partial charge in [-0.3, -0.25) is 4.79 Å². The van der Waals surface area contributed by atoms with E-state index in [1.54, 1.807) is 17.5 Å². The standard InChI is InChI=1S/C7H8O3S/c8-5(4-7(9)10)6-2-1-3-11-6/h1-3,5,8H,4H2,(H,9,10)/t5-/m1/s1. The van der Waals surface area contributed by atoms with E-state index in [1.165, 1.54) is 11.3 Å². The number of thiophene rings is 1. The van der Waals surface area contributed by atoms with Gasteiger partial charge in [0, 0.05) is 4.88 Å². The van der Waals surface area contributed by atoms with Crippen LogP contribution in [0.3, 0.4) is 0 Å². The molecular formula is C7H8O3S. The first-order valence-corrected chi connectivity index (χ1v) is 4.01. The quantitative estimate of drug-likeness (QED) is 0.721. The van der Waals surface area contributed by atoms with Gasteiger partial charge in [-0.2, -0.15) is 0 Å². The smallest absolute Gasteiger partial charge is 0.306 e. The second-order valence-electron chi connectivity index (χ2n) is 2.13. The van der Waals surface area contributed by atoms with Gasteiger partial charge in [0.25, 0.3) is 0 Å². The lowest BCUT2D eigenvalue weighted by molar-refractivity contribution is -0.139. The summed E-state index contributed by atoms with van der Waals surface area (Å²) in [6, 6.07) is 3.50. The normalized spacial score (nSPS) is 12.8. The van der Waals surface area contributed by atoms with E-state index in [4.69, 9.17) is 5.11 Å². The SMILES string of the molecule is O=C(O)C[C@@H](O)c1cccs1. The Bertz CT molecular complexity index is 230. The van der Waals surface area contributed by atoms with Crippen molar-refractivity contribution >= 4 is 17.3 Å². The van der Waals surface area contributed by atoms with Crippen LogP contribution in [0.5, 0.6) is 0 Å². The molecule has 0 unspecified atom stereocenters. The molecule has 60 valence electrons. The fourth-order valence-corrected chi connectivity index (χ4v) is 1.46. The first-order chi connectivity index (χ1) is 5.20. The maximum absolute atomic E-state index is 10.1. The van der Waals surface area contributed by atoms with E-state index in [-0.39, 0.29) is 6.42 Å². The molecule has 0 saturated carbocycles. The molecule has 0 radical (unpaired) electrons. The van der Waals surface area contributed by atoms with Crippen molar-refractivity contribution in [1.29, 1.82) is 0 Å². The summed E-state index contributed by atoms with van der Waals surface area (Å²) in [5.41, 5.74) is 0. The van der Waals surface area contributed by atoms with Crippen LogP contribution in [0.1, 0.15) is 17.4 Å². The number of aliphatic carboxylic acids is 1. The summed E-state index contributed by atoms with van der Waals surface area (Å²) >= 11 is 1.36. The summed E-state index contributed by atoms with van der Waals surface area (Å²) in [5, 5.41) is 19.3. The summed E-state index contributed by atoms with van der Waals surface area (Å²) in [5.74, 6) is -0.981. The van der Waals surface area contributed by atoms with Gasteiger partial charge < -0.3 is 10.2 Å². The average Bonchev–Trinajstić information content (AvgIpc) is 2.35. The molecule has 0 aliphatic rings. The monoisotopic (exact) mass is 172 g/mol. The molecule has 1 rings (SSSR count). The molecule has 1 heterocycles. The molecule has 1 aromatic rings. The van der Waals surface area contributed by atoms with E-state index in [1.807, 2.05) is 0 Å². The predicted octanol–water partition coefficient (Wildman–Crippen LogP) is 1.26. The molecule has 0 aliphatic heterocycles. The summed E-state index contributed by atoms with van der Waals surface area (Å²) < 4.78 is 0. The molecule has 1 atom stereocenters. The number of carboxylic acid groups (broad SMARTS) is 1. The minimum atomic E-state index is -0.981. The zero-order valence-corrected chi connectivity index (χ0v) is 6.54. The lowest BCUT2D eigenvalue weighted by Crippen LogP contribution is -2.03. The molecule has 2 N–H and O–H groups in total. The Hall–Kier alpha value is -0.870. The lowest BCUT2D eigenvalue weighted by Gasteiger charge is -2.02. The molecule has 0 spiro atoms. The molecule has 4 heteroatoms. The average molecular weight is 172 g/mol. The van der Waals surface area contributed by atoms with Gasteiger partial charge in [0.15, 0.2) is 0 Å². The highest BCUT2D eigenvalue weighted by atomic mass is 32.1. The molecule has 0 saturated heterocycles. The van der Waals surface area contributed by atoms with Crippen LogP contribution in [0.2, 0.25) is 0 Å². The Balaban J connectivity index is 2.56. The zero-order chi connectivity index (χ0) is 8.27. The number of carbonyl (C=O) groups is 1. The van der Waals surface area contributed by atoms with Crippen molar-refractivity contribution in [3.8, 4) is 0 Å². The van der Waals surface area contributed by atoms with Crippen molar-refractivity contribution in [2.75, 3.05) is 0 Å². The summed E-state index contributed by atoms with van der Waals surface area (Å²) in [6.45, 7) is 0. The van der Waals surface area contributed by atoms with Crippen molar-refractivity contribution in [2.24, 2.45) is 0 Å². The van der Waals surface area contributed by atoms with Gasteiger partial charge in [-0.15, -0.1) is 11.3 Å². The number of hydrogen-bond acceptors (Lipinski definition) is 3. The molecule has 3 nitrogen and oxygen atoms in total. The second kappa shape index (κ2) is 3.50. The zero-order valence-electron chi connectivity index (χ0n) is 5.73. The minimum Gasteiger partial charge on any atom is -0.481 e.